The predicted molar refractivity (Wildman–Crippen MR) is 68.1 cm³/mol. The van der Waals surface area contributed by atoms with Crippen molar-refractivity contribution < 1.29 is 8.42 Å². The third-order valence-electron chi connectivity index (χ3n) is 2.36. The van der Waals surface area contributed by atoms with Crippen LogP contribution in [-0.4, -0.2) is 32.5 Å². The smallest absolute Gasteiger partial charge is 0.259 e. The van der Waals surface area contributed by atoms with E-state index in [0.29, 0.717) is 6.54 Å². The topological polar surface area (TPSA) is 71.1 Å². The average molecular weight is 298 g/mol. The highest BCUT2D eigenvalue weighted by Gasteiger charge is 2.25. The maximum absolute atomic E-state index is 11.9. The van der Waals surface area contributed by atoms with E-state index in [1.54, 1.807) is 6.07 Å². The van der Waals surface area contributed by atoms with Crippen LogP contribution < -0.4 is 10.0 Å². The maximum atomic E-state index is 11.9. The van der Waals surface area contributed by atoms with Crippen molar-refractivity contribution in [3.05, 3.63) is 23.4 Å². The van der Waals surface area contributed by atoms with Gasteiger partial charge < -0.3 is 5.32 Å². The lowest BCUT2D eigenvalue weighted by Gasteiger charge is -2.11. The third-order valence-corrected chi connectivity index (χ3v) is 4.26. The lowest BCUT2D eigenvalue weighted by Crippen LogP contribution is -2.36. The predicted octanol–water partition coefficient (Wildman–Crippen LogP) is 0.797. The molecule has 1 saturated heterocycles. The van der Waals surface area contributed by atoms with Crippen LogP contribution in [0.5, 0.6) is 0 Å². The molecule has 0 amide bonds. The second kappa shape index (κ2) is 5.97. The molecule has 0 bridgehead atoms. The molecule has 1 fully saturated rings. The lowest BCUT2D eigenvalue weighted by atomic mass is 10.3. The first-order valence-electron chi connectivity index (χ1n) is 4.93. The van der Waals surface area contributed by atoms with E-state index in [1.807, 2.05) is 0 Å². The molecular weight excluding hydrogens is 285 g/mol. The molecule has 1 aliphatic heterocycles. The Kier molecular flexibility index (Phi) is 5.15. The molecule has 1 aliphatic rings. The van der Waals surface area contributed by atoms with Crippen LogP contribution in [0.25, 0.3) is 0 Å². The van der Waals surface area contributed by atoms with Crippen molar-refractivity contribution >= 4 is 34.0 Å². The van der Waals surface area contributed by atoms with E-state index < -0.39 is 10.0 Å². The standard InChI is InChI=1S/C9H12ClN3O2S.ClH/c10-8-2-1-4-12-9(8)16(14,15)13-7-3-5-11-6-7;/h1-2,4,7,11,13H,3,5-6H2;1H/t7-;/m0./s1. The Balaban J connectivity index is 0.00000144. The van der Waals surface area contributed by atoms with Crippen LogP contribution in [0.3, 0.4) is 0 Å². The van der Waals surface area contributed by atoms with Crippen molar-refractivity contribution in [3.63, 3.8) is 0 Å². The molecule has 0 aliphatic carbocycles. The highest BCUT2D eigenvalue weighted by atomic mass is 35.5. The molecule has 2 rings (SSSR count). The van der Waals surface area contributed by atoms with Crippen LogP contribution in [-0.2, 0) is 10.0 Å². The highest BCUT2D eigenvalue weighted by Crippen LogP contribution is 2.18. The zero-order valence-electron chi connectivity index (χ0n) is 8.89. The maximum Gasteiger partial charge on any atom is 0.259 e. The van der Waals surface area contributed by atoms with Crippen molar-refractivity contribution in [3.8, 4) is 0 Å². The molecule has 2 N–H and O–H groups in total. The quantitative estimate of drug-likeness (QED) is 0.866. The lowest BCUT2D eigenvalue weighted by molar-refractivity contribution is 0.556. The van der Waals surface area contributed by atoms with E-state index in [9.17, 15) is 8.42 Å². The molecule has 2 heterocycles. The second-order valence-corrected chi connectivity index (χ2v) is 5.64. The number of hydrogen-bond acceptors (Lipinski definition) is 4. The molecule has 1 aromatic rings. The van der Waals surface area contributed by atoms with Crippen LogP contribution in [0.15, 0.2) is 23.4 Å². The Hall–Kier alpha value is -0.400. The molecule has 0 spiro atoms. The molecule has 8 heteroatoms. The molecule has 1 atom stereocenters. The van der Waals surface area contributed by atoms with Crippen LogP contribution in [0, 0.1) is 0 Å². The summed E-state index contributed by atoms with van der Waals surface area (Å²) in [7, 11) is -3.61. The fraction of sp³-hybridized carbons (Fsp3) is 0.444. The SMILES string of the molecule is Cl.O=S(=O)(N[C@H]1CCNC1)c1ncccc1Cl. The number of pyridine rings is 1. The normalized spacial score (nSPS) is 19.9. The monoisotopic (exact) mass is 297 g/mol. The van der Waals surface area contributed by atoms with E-state index in [-0.39, 0.29) is 28.5 Å². The van der Waals surface area contributed by atoms with E-state index in [1.165, 1.54) is 12.3 Å². The van der Waals surface area contributed by atoms with Gasteiger partial charge in [-0.2, -0.15) is 0 Å². The summed E-state index contributed by atoms with van der Waals surface area (Å²) in [6.07, 6.45) is 2.19. The van der Waals surface area contributed by atoms with Crippen LogP contribution in [0.2, 0.25) is 5.02 Å². The second-order valence-electron chi connectivity index (χ2n) is 3.60. The van der Waals surface area contributed by atoms with Crippen LogP contribution >= 0.6 is 24.0 Å². The number of rotatable bonds is 3. The van der Waals surface area contributed by atoms with Crippen molar-refractivity contribution in [1.82, 2.24) is 15.0 Å². The van der Waals surface area contributed by atoms with Gasteiger partial charge in [-0.05, 0) is 25.1 Å². The van der Waals surface area contributed by atoms with Gasteiger partial charge in [-0.3, -0.25) is 0 Å². The van der Waals surface area contributed by atoms with Crippen molar-refractivity contribution in [2.75, 3.05) is 13.1 Å². The molecule has 0 radical (unpaired) electrons. The summed E-state index contributed by atoms with van der Waals surface area (Å²) in [6.45, 7) is 1.47. The number of aromatic nitrogens is 1. The van der Waals surface area contributed by atoms with Gasteiger partial charge in [-0.1, -0.05) is 11.6 Å². The third kappa shape index (κ3) is 3.53. The molecule has 0 saturated carbocycles. The Morgan fingerprint density at radius 2 is 2.29 bits per heavy atom. The minimum atomic E-state index is -3.61. The van der Waals surface area contributed by atoms with E-state index in [0.717, 1.165) is 13.0 Å². The first-order valence-corrected chi connectivity index (χ1v) is 6.79. The molecule has 0 unspecified atom stereocenters. The fourth-order valence-electron chi connectivity index (χ4n) is 1.60. The van der Waals surface area contributed by atoms with Gasteiger partial charge in [-0.15, -0.1) is 12.4 Å². The number of halogens is 2. The Morgan fingerprint density at radius 3 is 2.88 bits per heavy atom. The average Bonchev–Trinajstić information content (AvgIpc) is 2.70. The number of hydrogen-bond donors (Lipinski definition) is 2. The summed E-state index contributed by atoms with van der Waals surface area (Å²) in [5.41, 5.74) is 0. The fourth-order valence-corrected chi connectivity index (χ4v) is 3.30. The van der Waals surface area contributed by atoms with E-state index in [4.69, 9.17) is 11.6 Å². The summed E-state index contributed by atoms with van der Waals surface area (Å²) >= 11 is 5.80. The minimum absolute atomic E-state index is 0. The molecular formula is C9H13Cl2N3O2S. The first kappa shape index (κ1) is 14.7. The van der Waals surface area contributed by atoms with Gasteiger partial charge in [0.05, 0.1) is 5.02 Å². The largest absolute Gasteiger partial charge is 0.315 e. The molecule has 96 valence electrons. The summed E-state index contributed by atoms with van der Waals surface area (Å²) in [5.74, 6) is 0. The molecule has 5 nitrogen and oxygen atoms in total. The van der Waals surface area contributed by atoms with Gasteiger partial charge in [0.15, 0.2) is 5.03 Å². The van der Waals surface area contributed by atoms with Crippen LogP contribution in [0.4, 0.5) is 0 Å². The summed E-state index contributed by atoms with van der Waals surface area (Å²) in [5, 5.41) is 3.11. The zero-order chi connectivity index (χ0) is 11.6. The Labute approximate surface area is 111 Å². The van der Waals surface area contributed by atoms with Gasteiger partial charge in [-0.25, -0.2) is 18.1 Å². The van der Waals surface area contributed by atoms with Gasteiger partial charge in [0, 0.05) is 18.8 Å². The van der Waals surface area contributed by atoms with Gasteiger partial charge >= 0.3 is 0 Å². The Morgan fingerprint density at radius 1 is 1.53 bits per heavy atom. The number of nitrogens with one attached hydrogen (secondary N) is 2. The van der Waals surface area contributed by atoms with E-state index >= 15 is 0 Å². The van der Waals surface area contributed by atoms with Gasteiger partial charge in [0.2, 0.25) is 0 Å². The molecule has 17 heavy (non-hydrogen) atoms. The van der Waals surface area contributed by atoms with Gasteiger partial charge in [0.1, 0.15) is 0 Å². The number of nitrogens with zero attached hydrogens (tertiary/aromatic N) is 1. The number of sulfonamides is 1. The van der Waals surface area contributed by atoms with Crippen molar-refractivity contribution in [1.29, 1.82) is 0 Å². The molecule has 0 aromatic carbocycles. The van der Waals surface area contributed by atoms with Crippen molar-refractivity contribution in [2.45, 2.75) is 17.5 Å². The minimum Gasteiger partial charge on any atom is -0.315 e. The first-order chi connectivity index (χ1) is 7.59. The molecule has 1 aromatic heterocycles. The summed E-state index contributed by atoms with van der Waals surface area (Å²) < 4.78 is 26.4. The Bertz CT molecular complexity index is 475. The van der Waals surface area contributed by atoms with Crippen molar-refractivity contribution in [2.24, 2.45) is 0 Å². The summed E-state index contributed by atoms with van der Waals surface area (Å²) in [4.78, 5) is 3.79. The van der Waals surface area contributed by atoms with Gasteiger partial charge in [0.25, 0.3) is 10.0 Å². The summed E-state index contributed by atoms with van der Waals surface area (Å²) in [6, 6.07) is 3.03. The van der Waals surface area contributed by atoms with Crippen LogP contribution in [0.1, 0.15) is 6.42 Å². The zero-order valence-corrected chi connectivity index (χ0v) is 11.3. The highest BCUT2D eigenvalue weighted by molar-refractivity contribution is 7.89. The van der Waals surface area contributed by atoms with E-state index in [2.05, 4.69) is 15.0 Å².